The lowest BCUT2D eigenvalue weighted by Crippen LogP contribution is -2.34. The van der Waals surface area contributed by atoms with E-state index < -0.39 is 0 Å². The first-order chi connectivity index (χ1) is 9.63. The van der Waals surface area contributed by atoms with E-state index in [4.69, 9.17) is 9.47 Å². The molecule has 3 heteroatoms. The molecular formula is C17H29NO2. The summed E-state index contributed by atoms with van der Waals surface area (Å²) in [7, 11) is 3.43. The summed E-state index contributed by atoms with van der Waals surface area (Å²) in [5, 5.41) is 3.63. The first-order valence-electron chi connectivity index (χ1n) is 7.57. The lowest BCUT2D eigenvalue weighted by molar-refractivity contribution is 0.361. The molecule has 0 heterocycles. The van der Waals surface area contributed by atoms with Gasteiger partial charge >= 0.3 is 0 Å². The van der Waals surface area contributed by atoms with Gasteiger partial charge < -0.3 is 14.8 Å². The van der Waals surface area contributed by atoms with Crippen molar-refractivity contribution in [2.75, 3.05) is 20.8 Å². The molecule has 1 aromatic rings. The van der Waals surface area contributed by atoms with Crippen LogP contribution in [0, 0.1) is 5.92 Å². The zero-order valence-corrected chi connectivity index (χ0v) is 13.5. The summed E-state index contributed by atoms with van der Waals surface area (Å²) in [6, 6.07) is 6.50. The zero-order chi connectivity index (χ0) is 15.0. The average molecular weight is 279 g/mol. The number of nitrogens with one attached hydrogen (secondary N) is 1. The fourth-order valence-electron chi connectivity index (χ4n) is 2.48. The molecule has 0 aliphatic carbocycles. The number of rotatable bonds is 9. The van der Waals surface area contributed by atoms with Gasteiger partial charge in [-0.3, -0.25) is 0 Å². The number of benzene rings is 1. The molecule has 0 saturated carbocycles. The molecule has 3 nitrogen and oxygen atoms in total. The fraction of sp³-hybridized carbons (Fsp3) is 0.647. The maximum Gasteiger partial charge on any atom is 0.125 e. The third-order valence-electron chi connectivity index (χ3n) is 3.70. The molecule has 0 saturated heterocycles. The van der Waals surface area contributed by atoms with Crippen LogP contribution in [0.1, 0.15) is 39.2 Å². The SMILES string of the molecule is CCCNC(CCc1c(OC)cccc1OC)C(C)C. The molecule has 1 aromatic carbocycles. The van der Waals surface area contributed by atoms with Crippen LogP contribution >= 0.6 is 0 Å². The first-order valence-corrected chi connectivity index (χ1v) is 7.57. The summed E-state index contributed by atoms with van der Waals surface area (Å²) in [5.41, 5.74) is 1.17. The third-order valence-corrected chi connectivity index (χ3v) is 3.70. The van der Waals surface area contributed by atoms with Gasteiger partial charge in [0, 0.05) is 11.6 Å². The van der Waals surface area contributed by atoms with E-state index in [9.17, 15) is 0 Å². The van der Waals surface area contributed by atoms with E-state index in [0.717, 1.165) is 30.9 Å². The van der Waals surface area contributed by atoms with Crippen molar-refractivity contribution in [1.82, 2.24) is 5.32 Å². The molecule has 0 bridgehead atoms. The lowest BCUT2D eigenvalue weighted by atomic mass is 9.95. The molecule has 1 unspecified atom stereocenters. The largest absolute Gasteiger partial charge is 0.496 e. The second-order valence-electron chi connectivity index (χ2n) is 5.48. The van der Waals surface area contributed by atoms with Gasteiger partial charge in [-0.25, -0.2) is 0 Å². The summed E-state index contributed by atoms with van der Waals surface area (Å²) in [6.07, 6.45) is 3.22. The molecule has 0 aliphatic rings. The van der Waals surface area contributed by atoms with E-state index in [2.05, 4.69) is 26.1 Å². The van der Waals surface area contributed by atoms with E-state index in [1.165, 1.54) is 12.0 Å². The summed E-state index contributed by atoms with van der Waals surface area (Å²) in [5.74, 6) is 2.46. The average Bonchev–Trinajstić information content (AvgIpc) is 2.46. The molecule has 1 atom stereocenters. The lowest BCUT2D eigenvalue weighted by Gasteiger charge is -2.23. The van der Waals surface area contributed by atoms with Crippen LogP contribution in [0.5, 0.6) is 11.5 Å². The third kappa shape index (κ3) is 4.71. The minimum absolute atomic E-state index is 0.532. The molecule has 0 spiro atoms. The fourth-order valence-corrected chi connectivity index (χ4v) is 2.48. The van der Waals surface area contributed by atoms with E-state index >= 15 is 0 Å². The van der Waals surface area contributed by atoms with Crippen LogP contribution in [0.4, 0.5) is 0 Å². The summed E-state index contributed by atoms with van der Waals surface area (Å²) < 4.78 is 10.9. The molecule has 1 N–H and O–H groups in total. The highest BCUT2D eigenvalue weighted by molar-refractivity contribution is 5.44. The van der Waals surface area contributed by atoms with Crippen LogP contribution in [0.3, 0.4) is 0 Å². The van der Waals surface area contributed by atoms with Crippen LogP contribution in [0.2, 0.25) is 0 Å². The Bertz CT molecular complexity index is 368. The van der Waals surface area contributed by atoms with E-state index in [1.807, 2.05) is 18.2 Å². The Kier molecular flexibility index (Phi) is 7.45. The van der Waals surface area contributed by atoms with Gasteiger partial charge in [-0.05, 0) is 43.9 Å². The van der Waals surface area contributed by atoms with Gasteiger partial charge in [0.1, 0.15) is 11.5 Å². The van der Waals surface area contributed by atoms with Crippen molar-refractivity contribution in [2.24, 2.45) is 5.92 Å². The monoisotopic (exact) mass is 279 g/mol. The molecule has 114 valence electrons. The van der Waals surface area contributed by atoms with E-state index in [1.54, 1.807) is 14.2 Å². The van der Waals surface area contributed by atoms with Gasteiger partial charge in [-0.1, -0.05) is 26.8 Å². The van der Waals surface area contributed by atoms with Crippen molar-refractivity contribution in [3.63, 3.8) is 0 Å². The highest BCUT2D eigenvalue weighted by atomic mass is 16.5. The normalized spacial score (nSPS) is 12.5. The number of ether oxygens (including phenoxy) is 2. The topological polar surface area (TPSA) is 30.5 Å². The molecule has 0 aliphatic heterocycles. The van der Waals surface area contributed by atoms with Crippen molar-refractivity contribution in [3.8, 4) is 11.5 Å². The second-order valence-corrected chi connectivity index (χ2v) is 5.48. The predicted octanol–water partition coefficient (Wildman–Crippen LogP) is 3.66. The number of hydrogen-bond donors (Lipinski definition) is 1. The van der Waals surface area contributed by atoms with Gasteiger partial charge in [0.05, 0.1) is 14.2 Å². The molecular weight excluding hydrogens is 250 g/mol. The quantitative estimate of drug-likeness (QED) is 0.748. The number of hydrogen-bond acceptors (Lipinski definition) is 3. The summed E-state index contributed by atoms with van der Waals surface area (Å²) in [4.78, 5) is 0. The van der Waals surface area contributed by atoms with Crippen molar-refractivity contribution in [1.29, 1.82) is 0 Å². The van der Waals surface area contributed by atoms with E-state index in [-0.39, 0.29) is 0 Å². The van der Waals surface area contributed by atoms with Gasteiger partial charge in [0.25, 0.3) is 0 Å². The first kappa shape index (κ1) is 16.8. The smallest absolute Gasteiger partial charge is 0.125 e. The molecule has 20 heavy (non-hydrogen) atoms. The molecule has 0 amide bonds. The minimum Gasteiger partial charge on any atom is -0.496 e. The van der Waals surface area contributed by atoms with Crippen molar-refractivity contribution in [2.45, 2.75) is 46.1 Å². The van der Waals surface area contributed by atoms with Crippen LogP contribution in [-0.4, -0.2) is 26.8 Å². The molecule has 0 fully saturated rings. The summed E-state index contributed by atoms with van der Waals surface area (Å²) >= 11 is 0. The van der Waals surface area contributed by atoms with Crippen LogP contribution in [0.15, 0.2) is 18.2 Å². The Morgan fingerprint density at radius 3 is 2.15 bits per heavy atom. The second kappa shape index (κ2) is 8.85. The maximum absolute atomic E-state index is 5.46. The Morgan fingerprint density at radius 1 is 1.10 bits per heavy atom. The maximum atomic E-state index is 5.46. The highest BCUT2D eigenvalue weighted by Gasteiger charge is 2.16. The van der Waals surface area contributed by atoms with Gasteiger partial charge in [-0.15, -0.1) is 0 Å². The summed E-state index contributed by atoms with van der Waals surface area (Å²) in [6.45, 7) is 7.82. The predicted molar refractivity (Wildman–Crippen MR) is 84.8 cm³/mol. The highest BCUT2D eigenvalue weighted by Crippen LogP contribution is 2.30. The zero-order valence-electron chi connectivity index (χ0n) is 13.5. The minimum atomic E-state index is 0.532. The molecule has 0 aromatic heterocycles. The molecule has 1 rings (SSSR count). The Labute approximate surface area is 123 Å². The van der Waals surface area contributed by atoms with Gasteiger partial charge in [0.15, 0.2) is 0 Å². The number of methoxy groups -OCH3 is 2. The van der Waals surface area contributed by atoms with Crippen molar-refractivity contribution in [3.05, 3.63) is 23.8 Å². The van der Waals surface area contributed by atoms with Gasteiger partial charge in [-0.2, -0.15) is 0 Å². The van der Waals surface area contributed by atoms with Crippen molar-refractivity contribution >= 4 is 0 Å². The van der Waals surface area contributed by atoms with Crippen LogP contribution < -0.4 is 14.8 Å². The molecule has 0 radical (unpaired) electrons. The Morgan fingerprint density at radius 2 is 1.70 bits per heavy atom. The van der Waals surface area contributed by atoms with Crippen LogP contribution in [-0.2, 0) is 6.42 Å². The van der Waals surface area contributed by atoms with Crippen LogP contribution in [0.25, 0.3) is 0 Å². The standard InChI is InChI=1S/C17H29NO2/c1-6-12-18-15(13(2)3)11-10-14-16(19-4)8-7-9-17(14)20-5/h7-9,13,15,18H,6,10-12H2,1-5H3. The Hall–Kier alpha value is -1.22. The van der Waals surface area contributed by atoms with Gasteiger partial charge in [0.2, 0.25) is 0 Å². The van der Waals surface area contributed by atoms with E-state index in [0.29, 0.717) is 12.0 Å². The Balaban J connectivity index is 2.76. The van der Waals surface area contributed by atoms with Crippen molar-refractivity contribution < 1.29 is 9.47 Å².